The van der Waals surface area contributed by atoms with Gasteiger partial charge in [0.1, 0.15) is 11.5 Å². The molecule has 34 heavy (non-hydrogen) atoms. The number of rotatable bonds is 13. The van der Waals surface area contributed by atoms with Crippen LogP contribution in [0.15, 0.2) is 40.5 Å². The molecule has 0 bridgehead atoms. The predicted octanol–water partition coefficient (Wildman–Crippen LogP) is 4.48. The second kappa shape index (κ2) is 14.8. The first-order valence-electron chi connectivity index (χ1n) is 12.0. The Bertz CT molecular complexity index is 919. The Kier molecular flexibility index (Phi) is 11.4. The number of ether oxygens (including phenoxy) is 1. The van der Waals surface area contributed by atoms with Gasteiger partial charge in [-0.15, -0.1) is 11.3 Å². The van der Waals surface area contributed by atoms with E-state index in [1.807, 2.05) is 19.1 Å². The highest BCUT2D eigenvalue weighted by molar-refractivity contribution is 7.80. The molecule has 0 atom stereocenters. The monoisotopic (exact) mass is 504 g/mol. The molecule has 3 heterocycles. The molecule has 186 valence electrons. The van der Waals surface area contributed by atoms with Crippen LogP contribution in [-0.2, 0) is 17.9 Å². The Hall–Kier alpha value is -2.36. The molecule has 0 aromatic carbocycles. The highest BCUT2D eigenvalue weighted by Crippen LogP contribution is 2.24. The van der Waals surface area contributed by atoms with E-state index in [0.717, 1.165) is 30.0 Å². The first kappa shape index (κ1) is 26.2. The second-order valence-corrected chi connectivity index (χ2v) is 9.90. The molecular weight excluding hydrogens is 468 g/mol. The van der Waals surface area contributed by atoms with Crippen LogP contribution in [0.2, 0.25) is 0 Å². The van der Waals surface area contributed by atoms with Crippen molar-refractivity contribution in [2.45, 2.75) is 58.5 Å². The fourth-order valence-electron chi connectivity index (χ4n) is 3.67. The summed E-state index contributed by atoms with van der Waals surface area (Å²) in [5.74, 6) is 1.77. The second-order valence-electron chi connectivity index (χ2n) is 8.50. The summed E-state index contributed by atoms with van der Waals surface area (Å²) in [4.78, 5) is 15.8. The fourth-order valence-corrected chi connectivity index (χ4v) is 4.69. The van der Waals surface area contributed by atoms with Crippen molar-refractivity contribution < 1.29 is 13.9 Å². The number of aryl methyl sites for hydroxylation is 1. The van der Waals surface area contributed by atoms with Crippen molar-refractivity contribution in [3.8, 4) is 5.75 Å². The number of thiophene rings is 1. The third-order valence-corrected chi connectivity index (χ3v) is 6.64. The third kappa shape index (κ3) is 10.3. The number of thiocarbonyl (C=S) groups is 1. The zero-order chi connectivity index (χ0) is 24.0. The van der Waals surface area contributed by atoms with Gasteiger partial charge in [0, 0.05) is 36.2 Å². The third-order valence-electron chi connectivity index (χ3n) is 5.45. The first-order valence-corrected chi connectivity index (χ1v) is 13.3. The number of amides is 1. The van der Waals surface area contributed by atoms with Crippen LogP contribution in [0.25, 0.3) is 0 Å². The SMILES string of the molecule is Cc1coc(CNC(=S)NCCCC(=O)N/C=C\CCOc2csc(CN3CCCCC3)c2)c1. The summed E-state index contributed by atoms with van der Waals surface area (Å²) >= 11 is 7.00. The van der Waals surface area contributed by atoms with E-state index in [2.05, 4.69) is 32.3 Å². The van der Waals surface area contributed by atoms with E-state index in [0.29, 0.717) is 37.7 Å². The summed E-state index contributed by atoms with van der Waals surface area (Å²) in [7, 11) is 0. The number of piperidine rings is 1. The van der Waals surface area contributed by atoms with Gasteiger partial charge in [-0.25, -0.2) is 0 Å². The highest BCUT2D eigenvalue weighted by atomic mass is 32.1. The molecule has 1 fully saturated rings. The quantitative estimate of drug-likeness (QED) is 0.274. The summed E-state index contributed by atoms with van der Waals surface area (Å²) < 4.78 is 11.2. The number of nitrogens with one attached hydrogen (secondary N) is 3. The van der Waals surface area contributed by atoms with Crippen molar-refractivity contribution in [1.82, 2.24) is 20.9 Å². The van der Waals surface area contributed by atoms with Gasteiger partial charge in [-0.1, -0.05) is 12.5 Å². The maximum absolute atomic E-state index is 11.9. The van der Waals surface area contributed by atoms with Gasteiger partial charge in [0.15, 0.2) is 5.11 Å². The molecule has 9 heteroatoms. The van der Waals surface area contributed by atoms with E-state index in [9.17, 15) is 4.79 Å². The summed E-state index contributed by atoms with van der Waals surface area (Å²) in [6, 6.07) is 4.12. The van der Waals surface area contributed by atoms with Gasteiger partial charge in [-0.05, 0) is 75.4 Å². The molecule has 1 aliphatic rings. The lowest BCUT2D eigenvalue weighted by Crippen LogP contribution is -2.35. The number of nitrogens with zero attached hydrogens (tertiary/aromatic N) is 1. The molecule has 2 aromatic heterocycles. The topological polar surface area (TPSA) is 78.8 Å². The van der Waals surface area contributed by atoms with Crippen LogP contribution in [0.1, 0.15) is 54.7 Å². The fraction of sp³-hybridized carbons (Fsp3) is 0.520. The Balaban J connectivity index is 1.17. The Labute approximate surface area is 211 Å². The number of furan rings is 1. The average Bonchev–Trinajstić information content (AvgIpc) is 3.46. The molecule has 3 N–H and O–H groups in total. The van der Waals surface area contributed by atoms with E-state index < -0.39 is 0 Å². The average molecular weight is 505 g/mol. The smallest absolute Gasteiger partial charge is 0.223 e. The largest absolute Gasteiger partial charge is 0.492 e. The van der Waals surface area contributed by atoms with E-state index in [1.165, 1.54) is 37.2 Å². The highest BCUT2D eigenvalue weighted by Gasteiger charge is 2.11. The number of hydrogen-bond donors (Lipinski definition) is 3. The van der Waals surface area contributed by atoms with Gasteiger partial charge >= 0.3 is 0 Å². The molecule has 1 aliphatic heterocycles. The lowest BCUT2D eigenvalue weighted by molar-refractivity contribution is -0.120. The van der Waals surface area contributed by atoms with Gasteiger partial charge in [0.25, 0.3) is 0 Å². The van der Waals surface area contributed by atoms with Crippen molar-refractivity contribution in [3.63, 3.8) is 0 Å². The molecule has 7 nitrogen and oxygen atoms in total. The van der Waals surface area contributed by atoms with Crippen molar-refractivity contribution in [2.24, 2.45) is 0 Å². The normalized spacial score (nSPS) is 14.3. The molecule has 0 unspecified atom stereocenters. The van der Waals surface area contributed by atoms with Crippen LogP contribution in [0.5, 0.6) is 5.75 Å². The Morgan fingerprint density at radius 2 is 2.12 bits per heavy atom. The predicted molar refractivity (Wildman–Crippen MR) is 141 cm³/mol. The number of carbonyl (C=O) groups is 1. The summed E-state index contributed by atoms with van der Waals surface area (Å²) in [6.45, 7) is 7.19. The Morgan fingerprint density at radius 3 is 2.91 bits per heavy atom. The maximum Gasteiger partial charge on any atom is 0.223 e. The van der Waals surface area contributed by atoms with Gasteiger partial charge in [-0.3, -0.25) is 9.69 Å². The zero-order valence-corrected chi connectivity index (χ0v) is 21.6. The molecule has 1 amide bonds. The van der Waals surface area contributed by atoms with Crippen LogP contribution in [0.3, 0.4) is 0 Å². The molecular formula is C25H36N4O3S2. The van der Waals surface area contributed by atoms with Crippen LogP contribution < -0.4 is 20.7 Å². The van der Waals surface area contributed by atoms with Gasteiger partial charge in [0.05, 0.1) is 19.4 Å². The van der Waals surface area contributed by atoms with Crippen molar-refractivity contribution in [1.29, 1.82) is 0 Å². The van der Waals surface area contributed by atoms with Crippen LogP contribution >= 0.6 is 23.6 Å². The first-order chi connectivity index (χ1) is 16.6. The zero-order valence-electron chi connectivity index (χ0n) is 19.9. The van der Waals surface area contributed by atoms with E-state index in [1.54, 1.807) is 23.8 Å². The maximum atomic E-state index is 11.9. The van der Waals surface area contributed by atoms with E-state index >= 15 is 0 Å². The minimum Gasteiger partial charge on any atom is -0.492 e. The summed E-state index contributed by atoms with van der Waals surface area (Å²) in [5, 5.41) is 11.6. The molecule has 0 radical (unpaired) electrons. The van der Waals surface area contributed by atoms with Crippen molar-refractivity contribution in [2.75, 3.05) is 26.2 Å². The van der Waals surface area contributed by atoms with Gasteiger partial charge in [-0.2, -0.15) is 0 Å². The number of carbonyl (C=O) groups excluding carboxylic acids is 1. The van der Waals surface area contributed by atoms with Gasteiger partial charge in [0.2, 0.25) is 5.91 Å². The molecule has 1 saturated heterocycles. The molecule has 0 saturated carbocycles. The van der Waals surface area contributed by atoms with E-state index in [-0.39, 0.29) is 5.91 Å². The van der Waals surface area contributed by atoms with Crippen molar-refractivity contribution in [3.05, 3.63) is 52.3 Å². The van der Waals surface area contributed by atoms with E-state index in [4.69, 9.17) is 21.4 Å². The number of likely N-dealkylation sites (tertiary alicyclic amines) is 1. The van der Waals surface area contributed by atoms with Crippen LogP contribution in [-0.4, -0.2) is 42.2 Å². The van der Waals surface area contributed by atoms with Gasteiger partial charge < -0.3 is 25.1 Å². The summed E-state index contributed by atoms with van der Waals surface area (Å²) in [6.07, 6.45) is 11.2. The number of hydrogen-bond acceptors (Lipinski definition) is 6. The van der Waals surface area contributed by atoms with Crippen molar-refractivity contribution >= 4 is 34.6 Å². The van der Waals surface area contributed by atoms with Crippen LogP contribution in [0.4, 0.5) is 0 Å². The van der Waals surface area contributed by atoms with Crippen LogP contribution in [0, 0.1) is 6.92 Å². The molecule has 3 rings (SSSR count). The molecule has 2 aromatic rings. The lowest BCUT2D eigenvalue weighted by atomic mass is 10.1. The standard InChI is InChI=1S/C25H36N4O3S2/c1-20-14-21(32-18-20)16-28-25(33)27-10-7-8-24(30)26-9-3-6-13-31-22-15-23(34-19-22)17-29-11-4-2-5-12-29/h3,9,14-15,18-19H,2,4-8,10-13,16-17H2,1H3,(H,26,30)(H2,27,28,33)/b9-3-. The lowest BCUT2D eigenvalue weighted by Gasteiger charge is -2.25. The molecule has 0 aliphatic carbocycles. The minimum absolute atomic E-state index is 0.0101. The minimum atomic E-state index is -0.0101. The summed E-state index contributed by atoms with van der Waals surface area (Å²) in [5.41, 5.74) is 1.09. The Morgan fingerprint density at radius 1 is 1.26 bits per heavy atom. The molecule has 0 spiro atoms.